The van der Waals surface area contributed by atoms with Crippen LogP contribution in [-0.4, -0.2) is 36.8 Å². The molecule has 0 bridgehead atoms. The fourth-order valence-corrected chi connectivity index (χ4v) is 1.77. The lowest BCUT2D eigenvalue weighted by Crippen LogP contribution is -2.42. The van der Waals surface area contributed by atoms with E-state index in [1.54, 1.807) is 45.0 Å². The highest BCUT2D eigenvalue weighted by atomic mass is 35.5. The fraction of sp³-hybridized carbons (Fsp3) is 0.467. The second-order valence-electron chi connectivity index (χ2n) is 5.65. The summed E-state index contributed by atoms with van der Waals surface area (Å²) >= 11 is 5.85. The molecule has 1 aromatic carbocycles. The molecule has 1 atom stereocenters. The molecule has 0 radical (unpaired) electrons. The zero-order valence-corrected chi connectivity index (χ0v) is 14.1. The molecule has 0 saturated carbocycles. The van der Waals surface area contributed by atoms with E-state index >= 15 is 0 Å². The fourth-order valence-electron chi connectivity index (χ4n) is 1.64. The van der Waals surface area contributed by atoms with Crippen molar-refractivity contribution in [2.75, 3.05) is 14.2 Å². The lowest BCUT2D eigenvalue weighted by Gasteiger charge is -2.25. The standard InChI is InChI=1S/C15H21ClN2O4/c1-15(2,3)22-14(20)17-12(13(19)18(4)21-5)10-6-8-11(16)9-7-10/h6-9,12H,1-5H3,(H,17,20)/t12-/m1/s1. The number of likely N-dealkylation sites (N-methyl/N-ethyl adjacent to an activating group) is 1. The van der Waals surface area contributed by atoms with Crippen LogP contribution in [0.4, 0.5) is 4.79 Å². The van der Waals surface area contributed by atoms with Gasteiger partial charge in [-0.2, -0.15) is 0 Å². The van der Waals surface area contributed by atoms with E-state index in [2.05, 4.69) is 5.32 Å². The molecule has 1 rings (SSSR count). The van der Waals surface area contributed by atoms with Gasteiger partial charge >= 0.3 is 6.09 Å². The quantitative estimate of drug-likeness (QED) is 0.863. The van der Waals surface area contributed by atoms with Crippen LogP contribution in [0.2, 0.25) is 5.02 Å². The molecule has 0 aliphatic rings. The number of hydrogen-bond donors (Lipinski definition) is 1. The average Bonchev–Trinajstić information content (AvgIpc) is 2.42. The third kappa shape index (κ3) is 5.54. The van der Waals surface area contributed by atoms with E-state index in [1.165, 1.54) is 14.2 Å². The molecule has 0 aliphatic heterocycles. The molecular formula is C15H21ClN2O4. The van der Waals surface area contributed by atoms with Crippen LogP contribution in [0, 0.1) is 0 Å². The van der Waals surface area contributed by atoms with Gasteiger partial charge in [0.05, 0.1) is 7.11 Å². The van der Waals surface area contributed by atoms with Gasteiger partial charge in [0.2, 0.25) is 0 Å². The molecule has 7 heteroatoms. The van der Waals surface area contributed by atoms with Crippen molar-refractivity contribution in [3.63, 3.8) is 0 Å². The number of hydrogen-bond acceptors (Lipinski definition) is 4. The highest BCUT2D eigenvalue weighted by Gasteiger charge is 2.28. The van der Waals surface area contributed by atoms with Crippen molar-refractivity contribution < 1.29 is 19.2 Å². The van der Waals surface area contributed by atoms with Crippen molar-refractivity contribution >= 4 is 23.6 Å². The van der Waals surface area contributed by atoms with Gasteiger partial charge in [0.25, 0.3) is 5.91 Å². The second-order valence-corrected chi connectivity index (χ2v) is 6.09. The molecule has 22 heavy (non-hydrogen) atoms. The van der Waals surface area contributed by atoms with Crippen LogP contribution in [0.5, 0.6) is 0 Å². The molecule has 0 spiro atoms. The first-order chi connectivity index (χ1) is 10.1. The number of alkyl carbamates (subject to hydrolysis) is 1. The zero-order valence-electron chi connectivity index (χ0n) is 13.3. The van der Waals surface area contributed by atoms with Gasteiger partial charge in [0.15, 0.2) is 0 Å². The van der Waals surface area contributed by atoms with Crippen molar-refractivity contribution in [2.45, 2.75) is 32.4 Å². The molecule has 0 aliphatic carbocycles. The second kappa shape index (κ2) is 7.47. The third-order valence-corrected chi connectivity index (χ3v) is 2.95. The van der Waals surface area contributed by atoms with Crippen LogP contribution in [0.1, 0.15) is 32.4 Å². The molecule has 0 unspecified atom stereocenters. The minimum Gasteiger partial charge on any atom is -0.444 e. The Kier molecular flexibility index (Phi) is 6.20. The average molecular weight is 329 g/mol. The molecule has 0 saturated heterocycles. The number of nitrogens with one attached hydrogen (secondary N) is 1. The number of rotatable bonds is 4. The van der Waals surface area contributed by atoms with E-state index < -0.39 is 23.6 Å². The predicted molar refractivity (Wildman–Crippen MR) is 83.3 cm³/mol. The minimum absolute atomic E-state index is 0.435. The topological polar surface area (TPSA) is 67.9 Å². The number of benzene rings is 1. The zero-order chi connectivity index (χ0) is 16.9. The number of ether oxygens (including phenoxy) is 1. The van der Waals surface area contributed by atoms with Crippen LogP contribution in [0.3, 0.4) is 0 Å². The van der Waals surface area contributed by atoms with Crippen molar-refractivity contribution in [1.82, 2.24) is 10.4 Å². The van der Waals surface area contributed by atoms with E-state index in [9.17, 15) is 9.59 Å². The summed E-state index contributed by atoms with van der Waals surface area (Å²) in [4.78, 5) is 29.2. The van der Waals surface area contributed by atoms with Crippen LogP contribution in [0.15, 0.2) is 24.3 Å². The molecule has 6 nitrogen and oxygen atoms in total. The molecule has 0 heterocycles. The number of halogens is 1. The highest BCUT2D eigenvalue weighted by molar-refractivity contribution is 6.30. The Bertz CT molecular complexity index is 525. The van der Waals surface area contributed by atoms with Gasteiger partial charge in [-0.3, -0.25) is 9.63 Å². The van der Waals surface area contributed by atoms with Gasteiger partial charge in [-0.25, -0.2) is 9.86 Å². The first kappa shape index (κ1) is 18.3. The van der Waals surface area contributed by atoms with Crippen molar-refractivity contribution in [3.8, 4) is 0 Å². The largest absolute Gasteiger partial charge is 0.444 e. The van der Waals surface area contributed by atoms with Crippen LogP contribution >= 0.6 is 11.6 Å². The molecule has 1 N–H and O–H groups in total. The first-order valence-corrected chi connectivity index (χ1v) is 7.08. The minimum atomic E-state index is -0.933. The Morgan fingerprint density at radius 1 is 1.23 bits per heavy atom. The number of carbonyl (C=O) groups is 2. The summed E-state index contributed by atoms with van der Waals surface area (Å²) in [7, 11) is 2.83. The van der Waals surface area contributed by atoms with Crippen LogP contribution < -0.4 is 5.32 Å². The van der Waals surface area contributed by atoms with E-state index in [-0.39, 0.29) is 0 Å². The van der Waals surface area contributed by atoms with Crippen molar-refractivity contribution in [2.24, 2.45) is 0 Å². The predicted octanol–water partition coefficient (Wildman–Crippen LogP) is 2.93. The highest BCUT2D eigenvalue weighted by Crippen LogP contribution is 2.19. The van der Waals surface area contributed by atoms with E-state index in [1.807, 2.05) is 0 Å². The van der Waals surface area contributed by atoms with Gasteiger partial charge in [0.1, 0.15) is 11.6 Å². The third-order valence-electron chi connectivity index (χ3n) is 2.70. The summed E-state index contributed by atoms with van der Waals surface area (Å²) in [5.41, 5.74) is -0.0886. The Morgan fingerprint density at radius 2 is 1.77 bits per heavy atom. The van der Waals surface area contributed by atoms with Crippen molar-refractivity contribution in [3.05, 3.63) is 34.9 Å². The molecule has 0 aromatic heterocycles. The number of hydroxylamine groups is 2. The normalized spacial score (nSPS) is 12.5. The van der Waals surface area contributed by atoms with E-state index in [4.69, 9.17) is 21.2 Å². The Morgan fingerprint density at radius 3 is 2.23 bits per heavy atom. The summed E-state index contributed by atoms with van der Waals surface area (Å²) in [5.74, 6) is -0.435. The maximum Gasteiger partial charge on any atom is 0.408 e. The Labute approximate surface area is 135 Å². The SMILES string of the molecule is CON(C)C(=O)[C@H](NC(=O)OC(C)(C)C)c1ccc(Cl)cc1. The number of carbonyl (C=O) groups excluding carboxylic acids is 2. The monoisotopic (exact) mass is 328 g/mol. The number of amides is 2. The maximum absolute atomic E-state index is 12.4. The number of nitrogens with zero attached hydrogens (tertiary/aromatic N) is 1. The van der Waals surface area contributed by atoms with Crippen LogP contribution in [0.25, 0.3) is 0 Å². The maximum atomic E-state index is 12.4. The molecule has 122 valence electrons. The van der Waals surface area contributed by atoms with Gasteiger partial charge in [-0.15, -0.1) is 0 Å². The Hall–Kier alpha value is -1.79. The molecule has 1 aromatic rings. The van der Waals surface area contributed by atoms with E-state index in [0.717, 1.165) is 5.06 Å². The van der Waals surface area contributed by atoms with Crippen LogP contribution in [-0.2, 0) is 14.4 Å². The summed E-state index contributed by atoms with van der Waals surface area (Å²) in [6, 6.07) is 5.66. The lowest BCUT2D eigenvalue weighted by atomic mass is 10.1. The summed E-state index contributed by atoms with van der Waals surface area (Å²) in [5, 5.41) is 4.12. The van der Waals surface area contributed by atoms with Gasteiger partial charge in [-0.05, 0) is 38.5 Å². The van der Waals surface area contributed by atoms with Gasteiger partial charge in [0, 0.05) is 12.1 Å². The molecule has 0 fully saturated rings. The van der Waals surface area contributed by atoms with E-state index in [0.29, 0.717) is 10.6 Å². The summed E-state index contributed by atoms with van der Waals surface area (Å²) < 4.78 is 5.19. The van der Waals surface area contributed by atoms with Gasteiger partial charge < -0.3 is 10.1 Å². The smallest absolute Gasteiger partial charge is 0.408 e. The lowest BCUT2D eigenvalue weighted by molar-refractivity contribution is -0.171. The van der Waals surface area contributed by atoms with Crippen molar-refractivity contribution in [1.29, 1.82) is 0 Å². The molecule has 2 amide bonds. The Balaban J connectivity index is 2.99. The first-order valence-electron chi connectivity index (χ1n) is 6.70. The molecular weight excluding hydrogens is 308 g/mol. The summed E-state index contributed by atoms with van der Waals surface area (Å²) in [6.07, 6.45) is -0.690. The van der Waals surface area contributed by atoms with Gasteiger partial charge in [-0.1, -0.05) is 23.7 Å². The summed E-state index contributed by atoms with van der Waals surface area (Å²) in [6.45, 7) is 5.23.